The molecule has 0 saturated carbocycles. The number of rotatable bonds is 5. The summed E-state index contributed by atoms with van der Waals surface area (Å²) in [5.41, 5.74) is 3.59. The van der Waals surface area contributed by atoms with Crippen LogP contribution in [0.4, 0.5) is 5.69 Å². The molecule has 4 rings (SSSR count). The summed E-state index contributed by atoms with van der Waals surface area (Å²) >= 11 is 1.78. The Morgan fingerprint density at radius 1 is 0.821 bits per heavy atom. The molecule has 2 aromatic heterocycles. The van der Waals surface area contributed by atoms with Gasteiger partial charge in [-0.15, -0.1) is 0 Å². The molecule has 4 heteroatoms. The first kappa shape index (κ1) is 18.3. The fourth-order valence-corrected chi connectivity index (χ4v) is 4.08. The molecule has 28 heavy (non-hydrogen) atoms. The van der Waals surface area contributed by atoms with E-state index in [0.717, 1.165) is 17.1 Å². The lowest BCUT2D eigenvalue weighted by atomic mass is 10.2. The van der Waals surface area contributed by atoms with Crippen molar-refractivity contribution in [2.75, 3.05) is 19.0 Å². The Balaban J connectivity index is 1.47. The molecule has 0 amide bonds. The molecule has 0 bridgehead atoms. The van der Waals surface area contributed by atoms with Crippen LogP contribution >= 0.6 is 11.3 Å². The van der Waals surface area contributed by atoms with Crippen LogP contribution in [-0.2, 0) is 7.05 Å². The van der Waals surface area contributed by atoms with Crippen molar-refractivity contribution in [3.8, 4) is 0 Å². The van der Waals surface area contributed by atoms with E-state index >= 15 is 0 Å². The largest absolute Gasteiger partial charge is 0.457 e. The molecule has 0 saturated heterocycles. The van der Waals surface area contributed by atoms with Crippen molar-refractivity contribution in [3.63, 3.8) is 0 Å². The fourth-order valence-electron chi connectivity index (χ4n) is 3.03. The Hall–Kier alpha value is -3.11. The number of para-hydroxylation sites is 1. The van der Waals surface area contributed by atoms with E-state index < -0.39 is 0 Å². The van der Waals surface area contributed by atoms with Gasteiger partial charge in [-0.1, -0.05) is 41.7 Å². The van der Waals surface area contributed by atoms with E-state index in [1.165, 1.54) is 20.9 Å². The first-order valence-corrected chi connectivity index (χ1v) is 10.0. The van der Waals surface area contributed by atoms with Gasteiger partial charge in [0.25, 0.3) is 5.01 Å². The van der Waals surface area contributed by atoms with Crippen molar-refractivity contribution in [1.29, 1.82) is 0 Å². The predicted molar refractivity (Wildman–Crippen MR) is 120 cm³/mol. The minimum Gasteiger partial charge on any atom is -0.457 e. The highest BCUT2D eigenvalue weighted by Crippen LogP contribution is 2.22. The van der Waals surface area contributed by atoms with Crippen LogP contribution < -0.4 is 9.47 Å². The van der Waals surface area contributed by atoms with Crippen LogP contribution in [0.25, 0.3) is 34.5 Å². The van der Waals surface area contributed by atoms with Crippen LogP contribution in [0.2, 0.25) is 0 Å². The fraction of sp³-hybridized carbons (Fsp3) is 0.125. The van der Waals surface area contributed by atoms with E-state index in [2.05, 4.69) is 77.2 Å². The number of fused-ring (bicyclic) bond motifs is 1. The molecule has 0 atom stereocenters. The summed E-state index contributed by atoms with van der Waals surface area (Å²) in [7, 11) is 6.18. The molecule has 0 fully saturated rings. The average molecular weight is 388 g/mol. The zero-order valence-corrected chi connectivity index (χ0v) is 17.1. The third kappa shape index (κ3) is 3.92. The van der Waals surface area contributed by atoms with Crippen LogP contribution in [0.5, 0.6) is 0 Å². The maximum Gasteiger partial charge on any atom is 0.262 e. The van der Waals surface area contributed by atoms with Crippen molar-refractivity contribution < 1.29 is 8.98 Å². The summed E-state index contributed by atoms with van der Waals surface area (Å²) in [5, 5.41) is 1.19. The topological polar surface area (TPSA) is 20.3 Å². The predicted octanol–water partition coefficient (Wildman–Crippen LogP) is 5.73. The molecular formula is C24H23N2OS+. The van der Waals surface area contributed by atoms with Crippen molar-refractivity contribution in [2.45, 2.75) is 0 Å². The Morgan fingerprint density at radius 3 is 2.18 bits per heavy atom. The van der Waals surface area contributed by atoms with Gasteiger partial charge in [-0.3, -0.25) is 0 Å². The number of thiazole rings is 1. The van der Waals surface area contributed by atoms with E-state index in [0.29, 0.717) is 0 Å². The highest BCUT2D eigenvalue weighted by atomic mass is 32.1. The van der Waals surface area contributed by atoms with Crippen molar-refractivity contribution >= 4 is 51.5 Å². The third-order valence-electron chi connectivity index (χ3n) is 4.66. The molecule has 0 unspecified atom stereocenters. The molecule has 4 aromatic rings. The average Bonchev–Trinajstić information content (AvgIpc) is 3.29. The van der Waals surface area contributed by atoms with Gasteiger partial charge < -0.3 is 9.32 Å². The highest BCUT2D eigenvalue weighted by Gasteiger charge is 2.13. The van der Waals surface area contributed by atoms with Gasteiger partial charge in [0.05, 0.1) is 0 Å². The Morgan fingerprint density at radius 2 is 1.50 bits per heavy atom. The van der Waals surface area contributed by atoms with Crippen molar-refractivity contribution in [1.82, 2.24) is 0 Å². The molecule has 0 N–H and O–H groups in total. The van der Waals surface area contributed by atoms with Crippen molar-refractivity contribution in [2.24, 2.45) is 7.05 Å². The van der Waals surface area contributed by atoms with Crippen LogP contribution in [0.1, 0.15) is 22.1 Å². The van der Waals surface area contributed by atoms with Crippen LogP contribution in [0, 0.1) is 0 Å². The SMILES string of the molecule is CN(C)c1ccc(/C=C/c2ccc(/C=C/c3sc4ccccc4[n+]3C)o2)cc1. The van der Waals surface area contributed by atoms with Crippen LogP contribution in [0.15, 0.2) is 65.1 Å². The molecule has 0 spiro atoms. The number of hydrogen-bond acceptors (Lipinski definition) is 3. The number of benzene rings is 2. The summed E-state index contributed by atoms with van der Waals surface area (Å²) in [5.74, 6) is 1.69. The first-order valence-electron chi connectivity index (χ1n) is 9.21. The van der Waals surface area contributed by atoms with Gasteiger partial charge in [0.1, 0.15) is 23.3 Å². The number of aromatic nitrogens is 1. The van der Waals surface area contributed by atoms with E-state index in [1.807, 2.05) is 38.4 Å². The lowest BCUT2D eigenvalue weighted by molar-refractivity contribution is -0.642. The number of nitrogens with zero attached hydrogens (tertiary/aromatic N) is 2. The van der Waals surface area contributed by atoms with Crippen LogP contribution in [0.3, 0.4) is 0 Å². The van der Waals surface area contributed by atoms with E-state index in [1.54, 1.807) is 11.3 Å². The monoisotopic (exact) mass is 387 g/mol. The lowest BCUT2D eigenvalue weighted by Gasteiger charge is -2.11. The number of aryl methyl sites for hydroxylation is 1. The first-order chi connectivity index (χ1) is 13.6. The van der Waals surface area contributed by atoms with Gasteiger partial charge in [0, 0.05) is 31.9 Å². The normalized spacial score (nSPS) is 11.8. The second-order valence-electron chi connectivity index (χ2n) is 6.86. The number of hydrogen-bond donors (Lipinski definition) is 0. The minimum atomic E-state index is 0.844. The molecule has 2 aromatic carbocycles. The van der Waals surface area contributed by atoms with E-state index in [-0.39, 0.29) is 0 Å². The molecule has 3 nitrogen and oxygen atoms in total. The smallest absolute Gasteiger partial charge is 0.262 e. The van der Waals surface area contributed by atoms with Gasteiger partial charge in [-0.05, 0) is 48.0 Å². The second kappa shape index (κ2) is 7.87. The second-order valence-corrected chi connectivity index (χ2v) is 7.92. The van der Waals surface area contributed by atoms with Gasteiger partial charge in [-0.2, -0.15) is 4.57 Å². The van der Waals surface area contributed by atoms with E-state index in [4.69, 9.17) is 4.42 Å². The maximum atomic E-state index is 5.92. The number of anilines is 1. The van der Waals surface area contributed by atoms with Crippen LogP contribution in [-0.4, -0.2) is 14.1 Å². The summed E-state index contributed by atoms with van der Waals surface area (Å²) in [6, 6.07) is 20.9. The summed E-state index contributed by atoms with van der Waals surface area (Å²) in [4.78, 5) is 2.09. The molecule has 0 aliphatic rings. The minimum absolute atomic E-state index is 0.844. The molecule has 0 radical (unpaired) electrons. The zero-order valence-electron chi connectivity index (χ0n) is 16.3. The molecule has 0 aliphatic carbocycles. The molecule has 2 heterocycles. The quantitative estimate of drug-likeness (QED) is 0.408. The molecular weight excluding hydrogens is 364 g/mol. The third-order valence-corrected chi connectivity index (χ3v) is 5.84. The molecule has 140 valence electrons. The Bertz CT molecular complexity index is 1150. The van der Waals surface area contributed by atoms with Gasteiger partial charge in [0.2, 0.25) is 5.52 Å². The standard InChI is InChI=1S/C24H23N2OS/c1-25(2)19-11-8-18(9-12-19)10-13-20-14-15-21(27-20)16-17-24-26(3)22-6-4-5-7-23(22)28-24/h4-17H,1-3H3/q+1. The summed E-state index contributed by atoms with van der Waals surface area (Å²) in [6.45, 7) is 0. The number of furan rings is 1. The van der Waals surface area contributed by atoms with Crippen molar-refractivity contribution in [3.05, 3.63) is 82.8 Å². The summed E-state index contributed by atoms with van der Waals surface area (Å²) < 4.78 is 9.41. The van der Waals surface area contributed by atoms with Gasteiger partial charge in [-0.25, -0.2) is 0 Å². The Labute approximate surface area is 169 Å². The molecule has 0 aliphatic heterocycles. The van der Waals surface area contributed by atoms with Gasteiger partial charge in [0.15, 0.2) is 0 Å². The highest BCUT2D eigenvalue weighted by molar-refractivity contribution is 7.18. The maximum absolute atomic E-state index is 5.92. The zero-order chi connectivity index (χ0) is 19.5. The Kier molecular flexibility index (Phi) is 5.13. The summed E-state index contributed by atoms with van der Waals surface area (Å²) in [6.07, 6.45) is 8.20. The van der Waals surface area contributed by atoms with Gasteiger partial charge >= 0.3 is 0 Å². The lowest BCUT2D eigenvalue weighted by Crippen LogP contribution is -2.28. The van der Waals surface area contributed by atoms with E-state index in [9.17, 15) is 0 Å².